The summed E-state index contributed by atoms with van der Waals surface area (Å²) >= 11 is 0. The summed E-state index contributed by atoms with van der Waals surface area (Å²) in [5.74, 6) is 2.86. The van der Waals surface area contributed by atoms with E-state index in [4.69, 9.17) is 10.9 Å². The highest BCUT2D eigenvalue weighted by molar-refractivity contribution is 5.94. The molecule has 4 heteroatoms. The normalized spacial score (nSPS) is 11.8. The molecule has 0 saturated carbocycles. The van der Waals surface area contributed by atoms with Crippen LogP contribution in [0.25, 0.3) is 0 Å². The Hall–Kier alpha value is -1.76. The van der Waals surface area contributed by atoms with Gasteiger partial charge in [0.05, 0.1) is 6.20 Å². The van der Waals surface area contributed by atoms with Crippen molar-refractivity contribution in [2.24, 2.45) is 0 Å². The Bertz CT molecular complexity index is 376. The van der Waals surface area contributed by atoms with Gasteiger partial charge in [-0.3, -0.25) is 4.79 Å². The second-order valence-electron chi connectivity index (χ2n) is 3.28. The molecule has 1 heterocycles. The average Bonchev–Trinajstić information content (AvgIpc) is 2.63. The Morgan fingerprint density at radius 1 is 1.80 bits per heavy atom. The maximum atomic E-state index is 11.7. The average molecular weight is 206 g/mol. The molecule has 0 aliphatic rings. The van der Waals surface area contributed by atoms with Crippen molar-refractivity contribution in [1.82, 2.24) is 10.5 Å². The van der Waals surface area contributed by atoms with Crippen LogP contribution in [0.5, 0.6) is 0 Å². The number of rotatable bonds is 4. The van der Waals surface area contributed by atoms with Gasteiger partial charge in [0.1, 0.15) is 11.3 Å². The first-order chi connectivity index (χ1) is 7.19. The molecule has 0 saturated heterocycles. The van der Waals surface area contributed by atoms with Crippen LogP contribution < -0.4 is 5.32 Å². The van der Waals surface area contributed by atoms with E-state index >= 15 is 0 Å². The van der Waals surface area contributed by atoms with Crippen molar-refractivity contribution in [1.29, 1.82) is 0 Å². The highest BCUT2D eigenvalue weighted by Gasteiger charge is 2.15. The predicted octanol–water partition coefficient (Wildman–Crippen LogP) is 1.51. The number of nitrogens with one attached hydrogen (secondary N) is 1. The summed E-state index contributed by atoms with van der Waals surface area (Å²) in [4.78, 5) is 11.7. The SMILES string of the molecule is C#CCC(CC)NC(=O)c1cnoc1C. The topological polar surface area (TPSA) is 55.1 Å². The molecule has 0 aliphatic carbocycles. The number of aryl methyl sites for hydroxylation is 1. The van der Waals surface area contributed by atoms with E-state index in [1.165, 1.54) is 6.20 Å². The molecule has 1 unspecified atom stereocenters. The highest BCUT2D eigenvalue weighted by Crippen LogP contribution is 2.07. The van der Waals surface area contributed by atoms with Gasteiger partial charge in [0.2, 0.25) is 0 Å². The van der Waals surface area contributed by atoms with Crippen LogP contribution in [0.1, 0.15) is 35.9 Å². The van der Waals surface area contributed by atoms with Gasteiger partial charge in [-0.25, -0.2) is 0 Å². The molecule has 0 spiro atoms. The Labute approximate surface area is 89.0 Å². The largest absolute Gasteiger partial charge is 0.361 e. The lowest BCUT2D eigenvalue weighted by molar-refractivity contribution is 0.0935. The first kappa shape index (κ1) is 11.3. The number of aromatic nitrogens is 1. The second-order valence-corrected chi connectivity index (χ2v) is 3.28. The minimum absolute atomic E-state index is 0.0109. The molecular weight excluding hydrogens is 192 g/mol. The lowest BCUT2D eigenvalue weighted by Crippen LogP contribution is -2.34. The van der Waals surface area contributed by atoms with Crippen LogP contribution in [-0.4, -0.2) is 17.1 Å². The molecule has 1 N–H and O–H groups in total. The Morgan fingerprint density at radius 3 is 3.00 bits per heavy atom. The third-order valence-electron chi connectivity index (χ3n) is 2.19. The summed E-state index contributed by atoms with van der Waals surface area (Å²) < 4.78 is 4.81. The van der Waals surface area contributed by atoms with Crippen molar-refractivity contribution < 1.29 is 9.32 Å². The van der Waals surface area contributed by atoms with E-state index in [1.807, 2.05) is 6.92 Å². The molecule has 0 radical (unpaired) electrons. The summed E-state index contributed by atoms with van der Waals surface area (Å²) in [6, 6.07) is 0.0109. The number of nitrogens with zero attached hydrogens (tertiary/aromatic N) is 1. The maximum absolute atomic E-state index is 11.7. The highest BCUT2D eigenvalue weighted by atomic mass is 16.5. The first-order valence-electron chi connectivity index (χ1n) is 4.84. The van der Waals surface area contributed by atoms with E-state index in [1.54, 1.807) is 6.92 Å². The molecule has 1 amide bonds. The van der Waals surface area contributed by atoms with Crippen molar-refractivity contribution >= 4 is 5.91 Å². The standard InChI is InChI=1S/C11H14N2O2/c1-4-6-9(5-2)13-11(14)10-7-12-15-8(10)3/h1,7,9H,5-6H2,2-3H3,(H,13,14). The minimum Gasteiger partial charge on any atom is -0.361 e. The van der Waals surface area contributed by atoms with E-state index in [9.17, 15) is 4.79 Å². The summed E-state index contributed by atoms with van der Waals surface area (Å²) in [5.41, 5.74) is 0.463. The number of hydrogen-bond acceptors (Lipinski definition) is 3. The molecule has 0 bridgehead atoms. The number of carbonyl (C=O) groups is 1. The van der Waals surface area contributed by atoms with Crippen LogP contribution in [0.2, 0.25) is 0 Å². The van der Waals surface area contributed by atoms with Crippen molar-refractivity contribution in [3.05, 3.63) is 17.5 Å². The summed E-state index contributed by atoms with van der Waals surface area (Å²) in [6.07, 6.45) is 7.95. The second kappa shape index (κ2) is 5.20. The van der Waals surface area contributed by atoms with Crippen LogP contribution in [0.4, 0.5) is 0 Å². The molecule has 0 aromatic carbocycles. The predicted molar refractivity (Wildman–Crippen MR) is 56.2 cm³/mol. The van der Waals surface area contributed by atoms with Crippen LogP contribution in [0, 0.1) is 19.3 Å². The fourth-order valence-corrected chi connectivity index (χ4v) is 1.22. The summed E-state index contributed by atoms with van der Waals surface area (Å²) in [5, 5.41) is 6.38. The van der Waals surface area contributed by atoms with Gasteiger partial charge in [0.25, 0.3) is 5.91 Å². The van der Waals surface area contributed by atoms with Crippen LogP contribution in [0.3, 0.4) is 0 Å². The zero-order valence-corrected chi connectivity index (χ0v) is 8.91. The Kier molecular flexibility index (Phi) is 3.92. The molecule has 1 atom stereocenters. The van der Waals surface area contributed by atoms with Crippen LogP contribution in [-0.2, 0) is 0 Å². The number of amides is 1. The summed E-state index contributed by atoms with van der Waals surface area (Å²) in [6.45, 7) is 3.67. The third kappa shape index (κ3) is 2.84. The lowest BCUT2D eigenvalue weighted by Gasteiger charge is -2.13. The third-order valence-corrected chi connectivity index (χ3v) is 2.19. The van der Waals surface area contributed by atoms with Gasteiger partial charge in [-0.05, 0) is 13.3 Å². The lowest BCUT2D eigenvalue weighted by atomic mass is 10.1. The van der Waals surface area contributed by atoms with E-state index in [-0.39, 0.29) is 11.9 Å². The van der Waals surface area contributed by atoms with Crippen LogP contribution >= 0.6 is 0 Å². The van der Waals surface area contributed by atoms with Gasteiger partial charge in [-0.2, -0.15) is 0 Å². The van der Waals surface area contributed by atoms with Crippen molar-refractivity contribution in [3.63, 3.8) is 0 Å². The van der Waals surface area contributed by atoms with Crippen molar-refractivity contribution in [2.75, 3.05) is 0 Å². The molecule has 1 rings (SSSR count). The van der Waals surface area contributed by atoms with E-state index in [2.05, 4.69) is 16.4 Å². The molecule has 0 aliphatic heterocycles. The quantitative estimate of drug-likeness (QED) is 0.760. The maximum Gasteiger partial charge on any atom is 0.256 e. The molecule has 1 aromatic heterocycles. The van der Waals surface area contributed by atoms with Gasteiger partial charge in [-0.15, -0.1) is 12.3 Å². The number of terminal acetylenes is 1. The molecule has 80 valence electrons. The van der Waals surface area contributed by atoms with Crippen LogP contribution in [0.15, 0.2) is 10.7 Å². The molecule has 0 fully saturated rings. The first-order valence-corrected chi connectivity index (χ1v) is 4.84. The van der Waals surface area contributed by atoms with E-state index < -0.39 is 0 Å². The zero-order valence-electron chi connectivity index (χ0n) is 8.91. The van der Waals surface area contributed by atoms with Gasteiger partial charge < -0.3 is 9.84 Å². The Morgan fingerprint density at radius 2 is 2.53 bits per heavy atom. The van der Waals surface area contributed by atoms with Gasteiger partial charge in [0, 0.05) is 12.5 Å². The summed E-state index contributed by atoms with van der Waals surface area (Å²) in [7, 11) is 0. The fourth-order valence-electron chi connectivity index (χ4n) is 1.22. The monoisotopic (exact) mass is 206 g/mol. The Balaban J connectivity index is 2.63. The van der Waals surface area contributed by atoms with E-state index in [0.717, 1.165) is 6.42 Å². The fraction of sp³-hybridized carbons (Fsp3) is 0.455. The van der Waals surface area contributed by atoms with Gasteiger partial charge >= 0.3 is 0 Å². The van der Waals surface area contributed by atoms with Crippen molar-refractivity contribution in [3.8, 4) is 12.3 Å². The number of hydrogen-bond donors (Lipinski definition) is 1. The molecular formula is C11H14N2O2. The molecule has 4 nitrogen and oxygen atoms in total. The van der Waals surface area contributed by atoms with Gasteiger partial charge in [-0.1, -0.05) is 12.1 Å². The minimum atomic E-state index is -0.184. The smallest absolute Gasteiger partial charge is 0.256 e. The molecule has 1 aromatic rings. The number of carbonyl (C=O) groups excluding carboxylic acids is 1. The van der Waals surface area contributed by atoms with Crippen molar-refractivity contribution in [2.45, 2.75) is 32.7 Å². The van der Waals surface area contributed by atoms with Gasteiger partial charge in [0.15, 0.2) is 0 Å². The molecule has 15 heavy (non-hydrogen) atoms. The zero-order chi connectivity index (χ0) is 11.3. The van der Waals surface area contributed by atoms with E-state index in [0.29, 0.717) is 17.7 Å².